The highest BCUT2D eigenvalue weighted by Gasteiger charge is 2.17. The van der Waals surface area contributed by atoms with Gasteiger partial charge in [-0.3, -0.25) is 0 Å². The lowest BCUT2D eigenvalue weighted by Crippen LogP contribution is -2.08. The van der Waals surface area contributed by atoms with Gasteiger partial charge < -0.3 is 9.64 Å². The fraction of sp³-hybridized carbons (Fsp3) is 0.200. The molecular weight excluding hydrogens is 392 g/mol. The third-order valence-electron chi connectivity index (χ3n) is 4.21. The summed E-state index contributed by atoms with van der Waals surface area (Å²) in [6, 6.07) is 13.6. The molecule has 0 aliphatic rings. The summed E-state index contributed by atoms with van der Waals surface area (Å²) in [4.78, 5) is 14.8. The van der Waals surface area contributed by atoms with Crippen molar-refractivity contribution in [1.82, 2.24) is 4.37 Å². The highest BCUT2D eigenvalue weighted by atomic mass is 32.1. The Hall–Kier alpha value is -2.84. The van der Waals surface area contributed by atoms with Crippen molar-refractivity contribution in [3.8, 4) is 0 Å². The number of hydrogen-bond acceptors (Lipinski definition) is 8. The average Bonchev–Trinajstić information content (AvgIpc) is 3.31. The van der Waals surface area contributed by atoms with E-state index in [1.54, 1.807) is 6.92 Å². The predicted molar refractivity (Wildman–Crippen MR) is 116 cm³/mol. The molecule has 2 aromatic carbocycles. The molecule has 0 spiro atoms. The monoisotopic (exact) mass is 410 g/mol. The maximum absolute atomic E-state index is 12.2. The number of hydrogen-bond donors (Lipinski definition) is 0. The number of rotatable bonds is 5. The van der Waals surface area contributed by atoms with E-state index >= 15 is 0 Å². The Balaban J connectivity index is 1.80. The Morgan fingerprint density at radius 2 is 1.96 bits per heavy atom. The van der Waals surface area contributed by atoms with Crippen LogP contribution >= 0.6 is 22.9 Å². The molecule has 0 saturated heterocycles. The Morgan fingerprint density at radius 1 is 1.14 bits per heavy atom. The molecule has 28 heavy (non-hydrogen) atoms. The van der Waals surface area contributed by atoms with Crippen LogP contribution in [0.3, 0.4) is 0 Å². The van der Waals surface area contributed by atoms with Crippen molar-refractivity contribution in [2.75, 3.05) is 25.6 Å². The first-order chi connectivity index (χ1) is 13.6. The topological polar surface area (TPSA) is 67.2 Å². The third-order valence-corrected chi connectivity index (χ3v) is 6.11. The number of nitrogens with zero attached hydrogens (tertiary/aromatic N) is 4. The van der Waals surface area contributed by atoms with E-state index < -0.39 is 0 Å². The first kappa shape index (κ1) is 18.5. The quantitative estimate of drug-likeness (QED) is 0.291. The molecule has 0 atom stereocenters. The van der Waals surface area contributed by atoms with Crippen LogP contribution in [0.2, 0.25) is 0 Å². The van der Waals surface area contributed by atoms with E-state index in [4.69, 9.17) is 4.74 Å². The largest absolute Gasteiger partial charge is 0.462 e. The van der Waals surface area contributed by atoms with Gasteiger partial charge in [0.15, 0.2) is 5.00 Å². The summed E-state index contributed by atoms with van der Waals surface area (Å²) in [6.07, 6.45) is 0. The fourth-order valence-corrected chi connectivity index (χ4v) is 4.63. The lowest BCUT2D eigenvalue weighted by atomic mass is 10.2. The molecule has 2 heterocycles. The van der Waals surface area contributed by atoms with Crippen LogP contribution < -0.4 is 4.90 Å². The molecule has 4 rings (SSSR count). The van der Waals surface area contributed by atoms with E-state index in [1.165, 1.54) is 22.9 Å². The Labute approximate surface area is 170 Å². The predicted octanol–water partition coefficient (Wildman–Crippen LogP) is 6.17. The molecule has 0 aliphatic heterocycles. The van der Waals surface area contributed by atoms with Crippen molar-refractivity contribution < 1.29 is 9.53 Å². The molecule has 0 radical (unpaired) electrons. The lowest BCUT2D eigenvalue weighted by Gasteiger charge is -2.14. The number of anilines is 1. The Morgan fingerprint density at radius 3 is 2.75 bits per heavy atom. The summed E-state index contributed by atoms with van der Waals surface area (Å²) >= 11 is 2.70. The van der Waals surface area contributed by atoms with E-state index in [0.29, 0.717) is 11.5 Å². The molecule has 6 nitrogen and oxygen atoms in total. The van der Waals surface area contributed by atoms with Crippen LogP contribution in [0.1, 0.15) is 16.6 Å². The van der Waals surface area contributed by atoms with E-state index in [9.17, 15) is 4.79 Å². The van der Waals surface area contributed by atoms with Gasteiger partial charge in [0.2, 0.25) is 0 Å². The summed E-state index contributed by atoms with van der Waals surface area (Å²) in [5, 5.41) is 11.6. The lowest BCUT2D eigenvalue weighted by molar-refractivity contribution is 0.0532. The Bertz CT molecular complexity index is 1190. The summed E-state index contributed by atoms with van der Waals surface area (Å²) < 4.78 is 10.5. The van der Waals surface area contributed by atoms with E-state index in [1.807, 2.05) is 61.5 Å². The minimum atomic E-state index is -0.315. The molecule has 0 aliphatic carbocycles. The minimum absolute atomic E-state index is 0.315. The van der Waals surface area contributed by atoms with Crippen LogP contribution in [0.4, 0.5) is 16.4 Å². The third kappa shape index (κ3) is 3.36. The van der Waals surface area contributed by atoms with Crippen molar-refractivity contribution >= 4 is 66.2 Å². The van der Waals surface area contributed by atoms with Crippen molar-refractivity contribution in [2.45, 2.75) is 6.92 Å². The number of thiophene rings is 1. The van der Waals surface area contributed by atoms with Crippen molar-refractivity contribution in [3.63, 3.8) is 0 Å². The number of esters is 1. The van der Waals surface area contributed by atoms with Gasteiger partial charge in [-0.05, 0) is 48.8 Å². The number of benzene rings is 2. The van der Waals surface area contributed by atoms with Gasteiger partial charge in [-0.1, -0.05) is 12.1 Å². The maximum Gasteiger partial charge on any atom is 0.348 e. The minimum Gasteiger partial charge on any atom is -0.462 e. The smallest absolute Gasteiger partial charge is 0.348 e. The van der Waals surface area contributed by atoms with Crippen LogP contribution in [0.15, 0.2) is 52.7 Å². The molecule has 142 valence electrons. The molecule has 0 bridgehead atoms. The number of aromatic nitrogens is 1. The number of carbonyl (C=O) groups excluding carboxylic acids is 1. The highest BCUT2D eigenvalue weighted by Crippen LogP contribution is 2.41. The zero-order chi connectivity index (χ0) is 19.7. The number of fused-ring (bicyclic) bond motifs is 2. The SMILES string of the molecule is CCOC(=O)c1cc2c(N(C)C)ccc(N=Nc3snc4ccccc34)c2s1. The van der Waals surface area contributed by atoms with E-state index in [-0.39, 0.29) is 5.97 Å². The zero-order valence-electron chi connectivity index (χ0n) is 15.7. The van der Waals surface area contributed by atoms with Gasteiger partial charge in [0.05, 0.1) is 16.8 Å². The van der Waals surface area contributed by atoms with Crippen LogP contribution in [-0.4, -0.2) is 31.0 Å². The molecule has 8 heteroatoms. The molecule has 0 amide bonds. The number of ether oxygens (including phenoxy) is 1. The average molecular weight is 411 g/mol. The summed E-state index contributed by atoms with van der Waals surface area (Å²) in [5.41, 5.74) is 2.65. The van der Waals surface area contributed by atoms with Crippen LogP contribution in [0.25, 0.3) is 21.0 Å². The summed E-state index contributed by atoms with van der Waals surface area (Å²) in [6.45, 7) is 2.15. The van der Waals surface area contributed by atoms with Crippen molar-refractivity contribution in [1.29, 1.82) is 0 Å². The molecular formula is C20H18N4O2S2. The van der Waals surface area contributed by atoms with Crippen LogP contribution in [-0.2, 0) is 4.74 Å². The second-order valence-electron chi connectivity index (χ2n) is 6.28. The standard InChI is InChI=1S/C20H18N4O2S2/c1-4-26-20(25)17-11-13-16(24(2)3)10-9-15(18(13)27-17)21-22-19-12-7-5-6-8-14(12)23-28-19/h5-11H,4H2,1-3H3. The molecule has 0 N–H and O–H groups in total. The van der Waals surface area contributed by atoms with Crippen LogP contribution in [0.5, 0.6) is 0 Å². The highest BCUT2D eigenvalue weighted by molar-refractivity contribution is 7.21. The van der Waals surface area contributed by atoms with Gasteiger partial charge in [0.25, 0.3) is 0 Å². The number of azo groups is 1. The summed E-state index contributed by atoms with van der Waals surface area (Å²) in [5.74, 6) is -0.315. The van der Waals surface area contributed by atoms with Crippen molar-refractivity contribution in [3.05, 3.63) is 47.3 Å². The van der Waals surface area contributed by atoms with Gasteiger partial charge in [-0.25, -0.2) is 4.79 Å². The Kier molecular flexibility index (Phi) is 5.06. The first-order valence-corrected chi connectivity index (χ1v) is 10.3. The van der Waals surface area contributed by atoms with Crippen LogP contribution in [0, 0.1) is 0 Å². The first-order valence-electron chi connectivity index (χ1n) is 8.75. The fourth-order valence-electron chi connectivity index (χ4n) is 2.91. The number of carbonyl (C=O) groups is 1. The molecule has 0 unspecified atom stereocenters. The second-order valence-corrected chi connectivity index (χ2v) is 8.08. The molecule has 0 fully saturated rings. The van der Waals surface area contributed by atoms with E-state index in [0.717, 1.165) is 37.4 Å². The molecule has 2 aromatic heterocycles. The molecule has 0 saturated carbocycles. The van der Waals surface area contributed by atoms with Gasteiger partial charge in [0, 0.05) is 30.6 Å². The van der Waals surface area contributed by atoms with Gasteiger partial charge >= 0.3 is 5.97 Å². The molecule has 4 aromatic rings. The van der Waals surface area contributed by atoms with Gasteiger partial charge in [0.1, 0.15) is 10.6 Å². The maximum atomic E-state index is 12.2. The summed E-state index contributed by atoms with van der Waals surface area (Å²) in [7, 11) is 3.95. The van der Waals surface area contributed by atoms with E-state index in [2.05, 4.69) is 14.6 Å². The zero-order valence-corrected chi connectivity index (χ0v) is 17.3. The van der Waals surface area contributed by atoms with Crippen molar-refractivity contribution in [2.24, 2.45) is 10.2 Å². The second kappa shape index (κ2) is 7.65. The van der Waals surface area contributed by atoms with Gasteiger partial charge in [-0.15, -0.1) is 21.6 Å². The van der Waals surface area contributed by atoms with Gasteiger partial charge in [-0.2, -0.15) is 4.37 Å². The normalized spacial score (nSPS) is 11.5.